The highest BCUT2D eigenvalue weighted by Crippen LogP contribution is 2.00. The molecule has 0 aliphatic heterocycles. The molecule has 100 valence electrons. The number of nitrogens with zero attached hydrogens (tertiary/aromatic N) is 1. The van der Waals surface area contributed by atoms with Gasteiger partial charge in [-0.05, 0) is 5.92 Å². The largest absolute Gasteiger partial charge is 0.449 e. The minimum atomic E-state index is -0.341. The lowest BCUT2D eigenvalue weighted by Gasteiger charge is -2.22. The van der Waals surface area contributed by atoms with E-state index in [-0.39, 0.29) is 6.09 Å². The fourth-order valence-corrected chi connectivity index (χ4v) is 1.16. The van der Waals surface area contributed by atoms with Gasteiger partial charge in [-0.3, -0.25) is 0 Å². The Morgan fingerprint density at radius 3 is 2.53 bits per heavy atom. The number of methoxy groups -OCH3 is 1. The standard InChI is InChI=1S/C11H22N2O3S/c1-9(2)8-16-11(14)13(6-7-15-3)5-4-10(12)17/h9H,4-8H2,1-3H3,(H2,12,17). The summed E-state index contributed by atoms with van der Waals surface area (Å²) in [6.45, 7) is 5.80. The molecule has 6 heteroatoms. The number of carbonyl (C=O) groups excluding carboxylic acids is 1. The van der Waals surface area contributed by atoms with Crippen molar-refractivity contribution in [2.45, 2.75) is 20.3 Å². The zero-order valence-corrected chi connectivity index (χ0v) is 11.6. The number of amides is 1. The van der Waals surface area contributed by atoms with E-state index in [2.05, 4.69) is 0 Å². The van der Waals surface area contributed by atoms with Crippen molar-refractivity contribution in [1.29, 1.82) is 0 Å². The molecule has 0 radical (unpaired) electrons. The molecule has 0 heterocycles. The van der Waals surface area contributed by atoms with Crippen LogP contribution in [0.4, 0.5) is 4.79 Å². The van der Waals surface area contributed by atoms with Crippen molar-refractivity contribution in [2.24, 2.45) is 11.7 Å². The van der Waals surface area contributed by atoms with Gasteiger partial charge in [0.15, 0.2) is 0 Å². The first kappa shape index (κ1) is 16.1. The monoisotopic (exact) mass is 262 g/mol. The molecule has 0 aromatic heterocycles. The van der Waals surface area contributed by atoms with Crippen LogP contribution in [0, 0.1) is 5.92 Å². The topological polar surface area (TPSA) is 64.8 Å². The van der Waals surface area contributed by atoms with E-state index >= 15 is 0 Å². The summed E-state index contributed by atoms with van der Waals surface area (Å²) < 4.78 is 10.1. The Labute approximate surface area is 108 Å². The van der Waals surface area contributed by atoms with Gasteiger partial charge in [-0.2, -0.15) is 0 Å². The minimum absolute atomic E-state index is 0.318. The number of hydrogen-bond acceptors (Lipinski definition) is 4. The molecule has 5 nitrogen and oxygen atoms in total. The average Bonchev–Trinajstić information content (AvgIpc) is 2.25. The third-order valence-electron chi connectivity index (χ3n) is 1.99. The summed E-state index contributed by atoms with van der Waals surface area (Å²) in [5.41, 5.74) is 5.41. The quantitative estimate of drug-likeness (QED) is 0.670. The lowest BCUT2D eigenvalue weighted by atomic mass is 10.2. The van der Waals surface area contributed by atoms with Crippen LogP contribution in [0.3, 0.4) is 0 Å². The third kappa shape index (κ3) is 8.88. The van der Waals surface area contributed by atoms with Gasteiger partial charge in [-0.25, -0.2) is 4.79 Å². The molecule has 0 atom stereocenters. The molecule has 0 unspecified atom stereocenters. The molecule has 0 aliphatic carbocycles. The van der Waals surface area contributed by atoms with E-state index in [1.54, 1.807) is 12.0 Å². The van der Waals surface area contributed by atoms with Gasteiger partial charge in [0, 0.05) is 26.6 Å². The SMILES string of the molecule is COCCN(CCC(N)=S)C(=O)OCC(C)C. The van der Waals surface area contributed by atoms with Crippen molar-refractivity contribution < 1.29 is 14.3 Å². The highest BCUT2D eigenvalue weighted by molar-refractivity contribution is 7.80. The van der Waals surface area contributed by atoms with Gasteiger partial charge in [-0.1, -0.05) is 26.1 Å². The van der Waals surface area contributed by atoms with Crippen LogP contribution in [0.25, 0.3) is 0 Å². The number of carbonyl (C=O) groups is 1. The summed E-state index contributed by atoms with van der Waals surface area (Å²) in [5.74, 6) is 0.318. The van der Waals surface area contributed by atoms with Crippen molar-refractivity contribution in [3.63, 3.8) is 0 Å². The molecule has 0 fully saturated rings. The summed E-state index contributed by atoms with van der Waals surface area (Å²) in [6, 6.07) is 0. The molecule has 0 bridgehead atoms. The highest BCUT2D eigenvalue weighted by Gasteiger charge is 2.15. The highest BCUT2D eigenvalue weighted by atomic mass is 32.1. The number of nitrogens with two attached hydrogens (primary N) is 1. The van der Waals surface area contributed by atoms with Gasteiger partial charge in [-0.15, -0.1) is 0 Å². The number of hydrogen-bond donors (Lipinski definition) is 1. The lowest BCUT2D eigenvalue weighted by molar-refractivity contribution is 0.0804. The Hall–Kier alpha value is -0.880. The van der Waals surface area contributed by atoms with Crippen molar-refractivity contribution >= 4 is 23.3 Å². The zero-order chi connectivity index (χ0) is 13.3. The maximum atomic E-state index is 11.7. The Morgan fingerprint density at radius 1 is 1.41 bits per heavy atom. The molecule has 0 spiro atoms. The van der Waals surface area contributed by atoms with Gasteiger partial charge < -0.3 is 20.1 Å². The summed E-state index contributed by atoms with van der Waals surface area (Å²) in [6.07, 6.45) is 0.155. The van der Waals surface area contributed by atoms with Crippen molar-refractivity contribution in [1.82, 2.24) is 4.90 Å². The zero-order valence-electron chi connectivity index (χ0n) is 10.8. The third-order valence-corrected chi connectivity index (χ3v) is 2.20. The molecule has 0 rings (SSSR count). The fraction of sp³-hybridized carbons (Fsp3) is 0.818. The Kier molecular flexibility index (Phi) is 8.71. The number of rotatable bonds is 8. The summed E-state index contributed by atoms with van der Waals surface area (Å²) in [7, 11) is 1.59. The predicted octanol–water partition coefficient (Wildman–Crippen LogP) is 1.40. The van der Waals surface area contributed by atoms with E-state index in [4.69, 9.17) is 27.4 Å². The normalized spacial score (nSPS) is 10.4. The van der Waals surface area contributed by atoms with E-state index in [9.17, 15) is 4.79 Å². The van der Waals surface area contributed by atoms with Crippen LogP contribution < -0.4 is 5.73 Å². The second-order valence-electron chi connectivity index (χ2n) is 4.17. The van der Waals surface area contributed by atoms with Gasteiger partial charge in [0.2, 0.25) is 0 Å². The van der Waals surface area contributed by atoms with Crippen LogP contribution >= 0.6 is 12.2 Å². The van der Waals surface area contributed by atoms with Crippen molar-refractivity contribution in [3.05, 3.63) is 0 Å². The molecule has 0 aromatic rings. The van der Waals surface area contributed by atoms with Gasteiger partial charge in [0.25, 0.3) is 0 Å². The fourth-order valence-electron chi connectivity index (χ4n) is 1.07. The van der Waals surface area contributed by atoms with E-state index in [0.29, 0.717) is 43.6 Å². The minimum Gasteiger partial charge on any atom is -0.449 e. The molecular weight excluding hydrogens is 240 g/mol. The summed E-state index contributed by atoms with van der Waals surface area (Å²) in [5, 5.41) is 0. The Bertz CT molecular complexity index is 247. The molecule has 2 N–H and O–H groups in total. The first-order chi connectivity index (χ1) is 7.97. The predicted molar refractivity (Wildman–Crippen MR) is 71.0 cm³/mol. The average molecular weight is 262 g/mol. The van der Waals surface area contributed by atoms with Crippen LogP contribution in [0.2, 0.25) is 0 Å². The van der Waals surface area contributed by atoms with Crippen molar-refractivity contribution in [3.8, 4) is 0 Å². The van der Waals surface area contributed by atoms with Crippen LogP contribution in [-0.4, -0.2) is 49.4 Å². The van der Waals surface area contributed by atoms with Gasteiger partial charge >= 0.3 is 6.09 Å². The molecule has 17 heavy (non-hydrogen) atoms. The van der Waals surface area contributed by atoms with Gasteiger partial charge in [0.1, 0.15) is 0 Å². The first-order valence-corrected chi connectivity index (χ1v) is 6.07. The van der Waals surface area contributed by atoms with Crippen LogP contribution in [0.15, 0.2) is 0 Å². The van der Waals surface area contributed by atoms with Crippen LogP contribution in [0.1, 0.15) is 20.3 Å². The first-order valence-electron chi connectivity index (χ1n) is 5.66. The van der Waals surface area contributed by atoms with E-state index in [0.717, 1.165) is 0 Å². The van der Waals surface area contributed by atoms with Crippen LogP contribution in [-0.2, 0) is 9.47 Å². The summed E-state index contributed by atoms with van der Waals surface area (Å²) in [4.78, 5) is 13.7. The lowest BCUT2D eigenvalue weighted by Crippen LogP contribution is -2.37. The molecule has 0 aromatic carbocycles. The Balaban J connectivity index is 4.13. The Morgan fingerprint density at radius 2 is 2.06 bits per heavy atom. The van der Waals surface area contributed by atoms with Crippen LogP contribution in [0.5, 0.6) is 0 Å². The van der Waals surface area contributed by atoms with E-state index in [1.807, 2.05) is 13.8 Å². The number of thiocarbonyl (C=S) groups is 1. The second kappa shape index (κ2) is 9.18. The number of ether oxygens (including phenoxy) is 2. The molecule has 0 saturated carbocycles. The maximum absolute atomic E-state index is 11.7. The summed E-state index contributed by atoms with van der Waals surface area (Å²) >= 11 is 4.79. The molecule has 1 amide bonds. The van der Waals surface area contributed by atoms with Gasteiger partial charge in [0.05, 0.1) is 18.2 Å². The second-order valence-corrected chi connectivity index (χ2v) is 4.69. The maximum Gasteiger partial charge on any atom is 0.409 e. The molecule has 0 saturated heterocycles. The molecular formula is C11H22N2O3S. The molecule has 0 aliphatic rings. The van der Waals surface area contributed by atoms with E-state index in [1.165, 1.54) is 0 Å². The van der Waals surface area contributed by atoms with E-state index < -0.39 is 0 Å². The van der Waals surface area contributed by atoms with Crippen molar-refractivity contribution in [2.75, 3.05) is 33.4 Å². The smallest absolute Gasteiger partial charge is 0.409 e.